The number of carbonyl (C=O) groups is 1. The number of rotatable bonds is 5. The van der Waals surface area contributed by atoms with Crippen molar-refractivity contribution in [2.24, 2.45) is 0 Å². The molecule has 1 rings (SSSR count). The summed E-state index contributed by atoms with van der Waals surface area (Å²) in [5, 5.41) is 17.5. The van der Waals surface area contributed by atoms with E-state index >= 15 is 0 Å². The van der Waals surface area contributed by atoms with Gasteiger partial charge in [0, 0.05) is 5.92 Å². The lowest BCUT2D eigenvalue weighted by Crippen LogP contribution is -2.31. The summed E-state index contributed by atoms with van der Waals surface area (Å²) in [5.74, 6) is 0.433. The smallest absolute Gasteiger partial charge is 0.329 e. The maximum absolute atomic E-state index is 11.5. The fraction of sp³-hybridized carbons (Fsp3) is 0.769. The maximum Gasteiger partial charge on any atom is 0.329 e. The zero-order chi connectivity index (χ0) is 14.8. The highest BCUT2D eigenvalue weighted by molar-refractivity contribution is 5.72. The number of aromatic nitrogens is 3. The fourth-order valence-electron chi connectivity index (χ4n) is 1.75. The van der Waals surface area contributed by atoms with Crippen LogP contribution in [0.4, 0.5) is 0 Å². The molecule has 0 amide bonds. The third-order valence-corrected chi connectivity index (χ3v) is 2.68. The highest BCUT2D eigenvalue weighted by Gasteiger charge is 2.28. The molecule has 1 unspecified atom stereocenters. The van der Waals surface area contributed by atoms with Gasteiger partial charge >= 0.3 is 5.97 Å². The molecule has 0 aromatic carbocycles. The molecule has 0 fully saturated rings. The van der Waals surface area contributed by atoms with E-state index in [-0.39, 0.29) is 18.1 Å². The molecule has 1 N–H and O–H groups in total. The molecule has 0 aliphatic heterocycles. The van der Waals surface area contributed by atoms with Crippen LogP contribution in [-0.2, 0) is 9.53 Å². The maximum atomic E-state index is 11.5. The minimum atomic E-state index is -0.936. The molecule has 6 heteroatoms. The van der Waals surface area contributed by atoms with Crippen LogP contribution in [0.3, 0.4) is 0 Å². The van der Waals surface area contributed by atoms with Gasteiger partial charge in [-0.15, -0.1) is 10.2 Å². The van der Waals surface area contributed by atoms with E-state index in [1.807, 2.05) is 34.6 Å². The molecular weight excluding hydrogens is 246 g/mol. The van der Waals surface area contributed by atoms with E-state index in [2.05, 4.69) is 10.2 Å². The van der Waals surface area contributed by atoms with Crippen molar-refractivity contribution in [3.05, 3.63) is 11.6 Å². The zero-order valence-electron chi connectivity index (χ0n) is 12.5. The molecule has 0 saturated carbocycles. The molecule has 1 heterocycles. The van der Waals surface area contributed by atoms with Crippen LogP contribution in [0.2, 0.25) is 0 Å². The molecule has 0 saturated heterocycles. The topological polar surface area (TPSA) is 77.2 Å². The Morgan fingerprint density at radius 3 is 2.37 bits per heavy atom. The average molecular weight is 269 g/mol. The first kappa shape index (κ1) is 15.6. The van der Waals surface area contributed by atoms with Crippen molar-refractivity contribution in [1.82, 2.24) is 14.8 Å². The van der Waals surface area contributed by atoms with Gasteiger partial charge in [-0.3, -0.25) is 4.57 Å². The summed E-state index contributed by atoms with van der Waals surface area (Å²) in [7, 11) is 0. The largest absolute Gasteiger partial charge is 0.480 e. The highest BCUT2D eigenvalue weighted by atomic mass is 16.5. The van der Waals surface area contributed by atoms with E-state index in [1.54, 1.807) is 11.5 Å². The van der Waals surface area contributed by atoms with Crippen molar-refractivity contribution in [3.63, 3.8) is 0 Å². The molecule has 0 radical (unpaired) electrons. The monoisotopic (exact) mass is 269 g/mol. The Labute approximate surface area is 113 Å². The number of nitrogens with zero attached hydrogens (tertiary/aromatic N) is 3. The Hall–Kier alpha value is -1.43. The molecule has 1 atom stereocenters. The molecular formula is C13H23N3O3. The normalized spacial score (nSPS) is 13.8. The first-order valence-corrected chi connectivity index (χ1v) is 6.41. The predicted octanol–water partition coefficient (Wildman–Crippen LogP) is 2.15. The van der Waals surface area contributed by atoms with E-state index in [1.165, 1.54) is 0 Å². The predicted molar refractivity (Wildman–Crippen MR) is 71.2 cm³/mol. The first-order chi connectivity index (χ1) is 8.63. The van der Waals surface area contributed by atoms with Crippen LogP contribution in [0.1, 0.15) is 58.2 Å². The lowest BCUT2D eigenvalue weighted by Gasteiger charge is -2.24. The summed E-state index contributed by atoms with van der Waals surface area (Å²) < 4.78 is 7.26. The number of hydrogen-bond acceptors (Lipinski definition) is 4. The Kier molecular flexibility index (Phi) is 4.68. The number of hydrogen-bond donors (Lipinski definition) is 1. The van der Waals surface area contributed by atoms with Crippen molar-refractivity contribution >= 4 is 5.97 Å². The summed E-state index contributed by atoms with van der Waals surface area (Å²) in [6.45, 7) is 11.5. The van der Waals surface area contributed by atoms with Crippen LogP contribution in [-0.4, -0.2) is 38.0 Å². The van der Waals surface area contributed by atoms with Crippen LogP contribution in [0.15, 0.2) is 0 Å². The fourth-order valence-corrected chi connectivity index (χ4v) is 1.75. The van der Waals surface area contributed by atoms with Crippen molar-refractivity contribution < 1.29 is 14.6 Å². The van der Waals surface area contributed by atoms with Gasteiger partial charge in [-0.05, 0) is 27.7 Å². The van der Waals surface area contributed by atoms with Crippen LogP contribution < -0.4 is 0 Å². The minimum absolute atomic E-state index is 0.0947. The standard InChI is InChI=1S/C13H23N3O3/c1-8(2)11-15-14-9(3)16(11)10(12(17)18)7-19-13(4,5)6/h8,10H,7H2,1-6H3,(H,17,18). The quantitative estimate of drug-likeness (QED) is 0.886. The average Bonchev–Trinajstić information content (AvgIpc) is 2.59. The Balaban J connectivity index is 3.06. The lowest BCUT2D eigenvalue weighted by atomic mass is 10.1. The van der Waals surface area contributed by atoms with Crippen molar-refractivity contribution in [2.75, 3.05) is 6.61 Å². The second-order valence-electron chi connectivity index (χ2n) is 5.91. The summed E-state index contributed by atoms with van der Waals surface area (Å²) in [4.78, 5) is 11.5. The van der Waals surface area contributed by atoms with E-state index in [4.69, 9.17) is 4.74 Å². The van der Waals surface area contributed by atoms with Gasteiger partial charge in [-0.1, -0.05) is 13.8 Å². The van der Waals surface area contributed by atoms with Crippen LogP contribution in [0.5, 0.6) is 0 Å². The second-order valence-corrected chi connectivity index (χ2v) is 5.91. The van der Waals surface area contributed by atoms with Gasteiger partial charge in [-0.2, -0.15) is 0 Å². The van der Waals surface area contributed by atoms with Gasteiger partial charge in [0.15, 0.2) is 6.04 Å². The Bertz CT molecular complexity index is 446. The van der Waals surface area contributed by atoms with E-state index in [0.717, 1.165) is 0 Å². The first-order valence-electron chi connectivity index (χ1n) is 6.41. The van der Waals surface area contributed by atoms with Crippen LogP contribution >= 0.6 is 0 Å². The number of aliphatic carboxylic acids is 1. The molecule has 1 aromatic heterocycles. The molecule has 0 spiro atoms. The SMILES string of the molecule is Cc1nnc(C(C)C)n1C(COC(C)(C)C)C(=O)O. The second kappa shape index (κ2) is 5.69. The van der Waals surface area contributed by atoms with Gasteiger partial charge in [-0.25, -0.2) is 4.79 Å². The zero-order valence-corrected chi connectivity index (χ0v) is 12.5. The number of ether oxygens (including phenoxy) is 1. The van der Waals surface area contributed by atoms with Gasteiger partial charge in [0.25, 0.3) is 0 Å². The number of aryl methyl sites for hydroxylation is 1. The molecule has 6 nitrogen and oxygen atoms in total. The molecule has 0 bridgehead atoms. The van der Waals surface area contributed by atoms with Gasteiger partial charge < -0.3 is 9.84 Å². The van der Waals surface area contributed by atoms with Crippen molar-refractivity contribution in [3.8, 4) is 0 Å². The number of carboxylic acid groups (broad SMARTS) is 1. The summed E-state index contributed by atoms with van der Waals surface area (Å²) in [5.41, 5.74) is -0.381. The molecule has 108 valence electrons. The van der Waals surface area contributed by atoms with E-state index < -0.39 is 12.0 Å². The van der Waals surface area contributed by atoms with Gasteiger partial charge in [0.2, 0.25) is 0 Å². The van der Waals surface area contributed by atoms with Crippen molar-refractivity contribution in [1.29, 1.82) is 0 Å². The Morgan fingerprint density at radius 1 is 1.37 bits per heavy atom. The van der Waals surface area contributed by atoms with Gasteiger partial charge in [0.05, 0.1) is 12.2 Å². The molecule has 19 heavy (non-hydrogen) atoms. The highest BCUT2D eigenvalue weighted by Crippen LogP contribution is 2.21. The summed E-state index contributed by atoms with van der Waals surface area (Å²) in [6.07, 6.45) is 0. The molecule has 1 aromatic rings. The van der Waals surface area contributed by atoms with Crippen LogP contribution in [0, 0.1) is 6.92 Å². The third kappa shape index (κ3) is 4.02. The summed E-state index contributed by atoms with van der Waals surface area (Å²) in [6, 6.07) is -0.799. The molecule has 0 aliphatic carbocycles. The van der Waals surface area contributed by atoms with Crippen molar-refractivity contribution in [2.45, 2.75) is 59.1 Å². The lowest BCUT2D eigenvalue weighted by molar-refractivity contribution is -0.145. The summed E-state index contributed by atoms with van der Waals surface area (Å²) >= 11 is 0. The molecule has 0 aliphatic rings. The Morgan fingerprint density at radius 2 is 1.95 bits per heavy atom. The number of carboxylic acids is 1. The minimum Gasteiger partial charge on any atom is -0.480 e. The third-order valence-electron chi connectivity index (χ3n) is 2.68. The van der Waals surface area contributed by atoms with Gasteiger partial charge in [0.1, 0.15) is 11.6 Å². The van der Waals surface area contributed by atoms with Crippen LogP contribution in [0.25, 0.3) is 0 Å². The van der Waals surface area contributed by atoms with E-state index in [0.29, 0.717) is 11.6 Å². The van der Waals surface area contributed by atoms with E-state index in [9.17, 15) is 9.90 Å².